The van der Waals surface area contributed by atoms with Gasteiger partial charge in [0.15, 0.2) is 0 Å². The highest BCUT2D eigenvalue weighted by Crippen LogP contribution is 2.21. The number of rotatable bonds is 6. The normalized spacial score (nSPS) is 12.0. The number of nitro groups is 1. The van der Waals surface area contributed by atoms with Gasteiger partial charge in [-0.25, -0.2) is 0 Å². The van der Waals surface area contributed by atoms with Gasteiger partial charge in [0.1, 0.15) is 17.9 Å². The molecule has 0 aliphatic heterocycles. The molecule has 27 heavy (non-hydrogen) atoms. The lowest BCUT2D eigenvalue weighted by atomic mass is 10.2. The molecule has 9 nitrogen and oxygen atoms in total. The fourth-order valence-electron chi connectivity index (χ4n) is 2.70. The van der Waals surface area contributed by atoms with Crippen molar-refractivity contribution in [2.45, 2.75) is 26.4 Å². The van der Waals surface area contributed by atoms with Crippen molar-refractivity contribution in [2.24, 2.45) is 0 Å². The van der Waals surface area contributed by atoms with Crippen LogP contribution in [-0.2, 0) is 11.3 Å². The van der Waals surface area contributed by atoms with Gasteiger partial charge in [0.25, 0.3) is 0 Å². The number of hydrogen-bond donors (Lipinski definition) is 1. The Morgan fingerprint density at radius 2 is 2.15 bits per heavy atom. The summed E-state index contributed by atoms with van der Waals surface area (Å²) in [5, 5.41) is 22.4. The first kappa shape index (κ1) is 18.6. The van der Waals surface area contributed by atoms with Crippen molar-refractivity contribution in [2.75, 3.05) is 5.32 Å². The van der Waals surface area contributed by atoms with Gasteiger partial charge in [0.05, 0.1) is 22.7 Å². The van der Waals surface area contributed by atoms with Crippen LogP contribution in [0.4, 0.5) is 11.4 Å². The van der Waals surface area contributed by atoms with Gasteiger partial charge in [-0.05, 0) is 31.5 Å². The second-order valence-electron chi connectivity index (χ2n) is 6.04. The van der Waals surface area contributed by atoms with E-state index in [0.29, 0.717) is 22.9 Å². The van der Waals surface area contributed by atoms with Gasteiger partial charge in [0, 0.05) is 11.9 Å². The zero-order chi connectivity index (χ0) is 19.6. The van der Waals surface area contributed by atoms with Gasteiger partial charge < -0.3 is 5.32 Å². The van der Waals surface area contributed by atoms with E-state index in [0.717, 1.165) is 11.8 Å². The number of aromatic nitrogens is 4. The highest BCUT2D eigenvalue weighted by atomic mass is 35.5. The van der Waals surface area contributed by atoms with Crippen LogP contribution in [0.5, 0.6) is 0 Å². The lowest BCUT2D eigenvalue weighted by Crippen LogP contribution is -2.25. The van der Waals surface area contributed by atoms with E-state index in [-0.39, 0.29) is 11.6 Å². The lowest BCUT2D eigenvalue weighted by molar-refractivity contribution is -0.385. The molecule has 140 valence electrons. The van der Waals surface area contributed by atoms with E-state index in [9.17, 15) is 14.9 Å². The minimum Gasteiger partial charge on any atom is -0.324 e. The summed E-state index contributed by atoms with van der Waals surface area (Å²) in [4.78, 5) is 23.0. The molecule has 0 fully saturated rings. The molecule has 1 unspecified atom stereocenters. The molecule has 2 aromatic heterocycles. The predicted octanol–water partition coefficient (Wildman–Crippen LogP) is 3.20. The molecule has 0 radical (unpaired) electrons. The average Bonchev–Trinajstić information content (AvgIpc) is 3.20. The number of nitrogens with one attached hydrogen (secondary N) is 1. The fraction of sp³-hybridized carbons (Fsp3) is 0.235. The van der Waals surface area contributed by atoms with Crippen LogP contribution in [-0.4, -0.2) is 30.4 Å². The first-order valence-corrected chi connectivity index (χ1v) is 8.49. The maximum absolute atomic E-state index is 12.5. The molecule has 1 N–H and O–H groups in total. The lowest BCUT2D eigenvalue weighted by Gasteiger charge is -2.14. The Morgan fingerprint density at radius 1 is 1.37 bits per heavy atom. The van der Waals surface area contributed by atoms with Gasteiger partial charge in [-0.2, -0.15) is 10.2 Å². The zero-order valence-electron chi connectivity index (χ0n) is 14.7. The molecule has 0 spiro atoms. The van der Waals surface area contributed by atoms with E-state index in [1.54, 1.807) is 37.0 Å². The first-order chi connectivity index (χ1) is 12.8. The van der Waals surface area contributed by atoms with Crippen LogP contribution >= 0.6 is 11.6 Å². The average molecular weight is 389 g/mol. The highest BCUT2D eigenvalue weighted by Gasteiger charge is 2.23. The molecule has 3 rings (SSSR count). The molecule has 1 atom stereocenters. The number of anilines is 1. The van der Waals surface area contributed by atoms with Crippen LogP contribution in [0.15, 0.2) is 42.9 Å². The predicted molar refractivity (Wildman–Crippen MR) is 99.7 cm³/mol. The van der Waals surface area contributed by atoms with Crippen molar-refractivity contribution < 1.29 is 9.72 Å². The Labute approximate surface area is 159 Å². The van der Waals surface area contributed by atoms with Crippen molar-refractivity contribution in [1.29, 1.82) is 0 Å². The summed E-state index contributed by atoms with van der Waals surface area (Å²) < 4.78 is 3.03. The topological polar surface area (TPSA) is 108 Å². The summed E-state index contributed by atoms with van der Waals surface area (Å²) in [6.45, 7) is 3.70. The van der Waals surface area contributed by atoms with E-state index in [4.69, 9.17) is 11.6 Å². The van der Waals surface area contributed by atoms with Crippen LogP contribution in [0.3, 0.4) is 0 Å². The number of carbonyl (C=O) groups is 1. The fourth-order valence-corrected chi connectivity index (χ4v) is 2.86. The molecule has 10 heteroatoms. The van der Waals surface area contributed by atoms with Gasteiger partial charge in [-0.3, -0.25) is 24.3 Å². The van der Waals surface area contributed by atoms with Crippen molar-refractivity contribution in [3.63, 3.8) is 0 Å². The molecular formula is C17H17ClN6O3. The van der Waals surface area contributed by atoms with E-state index in [1.807, 2.05) is 18.2 Å². The maximum Gasteiger partial charge on any atom is 0.309 e. The zero-order valence-corrected chi connectivity index (χ0v) is 15.4. The van der Waals surface area contributed by atoms with Crippen molar-refractivity contribution in [3.05, 3.63) is 69.3 Å². The summed E-state index contributed by atoms with van der Waals surface area (Å²) in [5.74, 6) is -0.324. The standard InChI is InChI=1S/C17H17ClN6O3/c1-11-16(24(26)27)8-20-23(11)12(2)17(25)21-15-5-3-4-13(6-15)9-22-10-14(18)7-19-22/h3-8,10,12H,9H2,1-2H3,(H,21,25). The number of halogens is 1. The first-order valence-electron chi connectivity index (χ1n) is 8.11. The number of hydrogen-bond acceptors (Lipinski definition) is 5. The molecular weight excluding hydrogens is 372 g/mol. The smallest absolute Gasteiger partial charge is 0.309 e. The number of amides is 1. The number of carbonyl (C=O) groups excluding carboxylic acids is 1. The van der Waals surface area contributed by atoms with Crippen molar-refractivity contribution in [3.8, 4) is 0 Å². The Morgan fingerprint density at radius 3 is 2.78 bits per heavy atom. The van der Waals surface area contributed by atoms with Gasteiger partial charge in [0.2, 0.25) is 5.91 Å². The summed E-state index contributed by atoms with van der Waals surface area (Å²) in [5.41, 5.74) is 1.76. The molecule has 1 amide bonds. The maximum atomic E-state index is 12.5. The molecule has 0 saturated heterocycles. The van der Waals surface area contributed by atoms with E-state index in [1.165, 1.54) is 4.68 Å². The monoisotopic (exact) mass is 388 g/mol. The van der Waals surface area contributed by atoms with Crippen LogP contribution in [0, 0.1) is 17.0 Å². The van der Waals surface area contributed by atoms with Crippen LogP contribution in [0.25, 0.3) is 0 Å². The van der Waals surface area contributed by atoms with Crippen LogP contribution in [0.2, 0.25) is 5.02 Å². The molecule has 0 aliphatic carbocycles. The minimum atomic E-state index is -0.702. The SMILES string of the molecule is Cc1c([N+](=O)[O-])cnn1C(C)C(=O)Nc1cccc(Cn2cc(Cl)cn2)c1. The molecule has 0 aliphatic rings. The van der Waals surface area contributed by atoms with E-state index in [2.05, 4.69) is 15.5 Å². The highest BCUT2D eigenvalue weighted by molar-refractivity contribution is 6.30. The molecule has 0 saturated carbocycles. The Hall–Kier alpha value is -3.20. The summed E-state index contributed by atoms with van der Waals surface area (Å²) in [6.07, 6.45) is 4.41. The van der Waals surface area contributed by atoms with Gasteiger partial charge >= 0.3 is 5.69 Å². The van der Waals surface area contributed by atoms with E-state index < -0.39 is 11.0 Å². The largest absolute Gasteiger partial charge is 0.324 e. The molecule has 0 bridgehead atoms. The third kappa shape index (κ3) is 4.14. The van der Waals surface area contributed by atoms with Gasteiger partial charge in [-0.15, -0.1) is 0 Å². The van der Waals surface area contributed by atoms with Crippen LogP contribution < -0.4 is 5.32 Å². The number of benzene rings is 1. The van der Waals surface area contributed by atoms with E-state index >= 15 is 0 Å². The van der Waals surface area contributed by atoms with Crippen LogP contribution in [0.1, 0.15) is 24.2 Å². The van der Waals surface area contributed by atoms with Crippen molar-refractivity contribution in [1.82, 2.24) is 19.6 Å². The Balaban J connectivity index is 1.72. The molecule has 1 aromatic carbocycles. The second kappa shape index (κ2) is 7.58. The summed E-state index contributed by atoms with van der Waals surface area (Å²) in [7, 11) is 0. The summed E-state index contributed by atoms with van der Waals surface area (Å²) in [6, 6.07) is 6.63. The third-order valence-electron chi connectivity index (χ3n) is 4.10. The van der Waals surface area contributed by atoms with Gasteiger partial charge in [-0.1, -0.05) is 23.7 Å². The second-order valence-corrected chi connectivity index (χ2v) is 6.48. The van der Waals surface area contributed by atoms with Crippen molar-refractivity contribution >= 4 is 28.9 Å². The molecule has 3 aromatic rings. The third-order valence-corrected chi connectivity index (χ3v) is 4.30. The quantitative estimate of drug-likeness (QED) is 0.515. The Kier molecular flexibility index (Phi) is 5.22. The Bertz CT molecular complexity index is 996. The minimum absolute atomic E-state index is 0.116. The molecule has 2 heterocycles. The summed E-state index contributed by atoms with van der Waals surface area (Å²) >= 11 is 5.86. The number of nitrogens with zero attached hydrogens (tertiary/aromatic N) is 5.